The van der Waals surface area contributed by atoms with E-state index >= 15 is 0 Å². The summed E-state index contributed by atoms with van der Waals surface area (Å²) in [6.07, 6.45) is 1.68. The first-order chi connectivity index (χ1) is 8.16. The van der Waals surface area contributed by atoms with Crippen LogP contribution in [0.25, 0.3) is 0 Å². The second-order valence-corrected chi connectivity index (χ2v) is 4.23. The van der Waals surface area contributed by atoms with E-state index in [1.807, 2.05) is 13.0 Å². The Morgan fingerprint density at radius 2 is 2.12 bits per heavy atom. The van der Waals surface area contributed by atoms with Crippen molar-refractivity contribution in [1.82, 2.24) is 0 Å². The van der Waals surface area contributed by atoms with Gasteiger partial charge in [-0.3, -0.25) is 0 Å². The maximum atomic E-state index is 11.1. The molecule has 1 heterocycles. The van der Waals surface area contributed by atoms with Gasteiger partial charge in [0, 0.05) is 12.8 Å². The van der Waals surface area contributed by atoms with Crippen LogP contribution in [-0.2, 0) is 4.74 Å². The molecule has 1 N–H and O–H groups in total. The highest BCUT2D eigenvalue weighted by molar-refractivity contribution is 5.91. The highest BCUT2D eigenvalue weighted by atomic mass is 16.5. The van der Waals surface area contributed by atoms with Crippen LogP contribution in [0.5, 0.6) is 5.75 Å². The Morgan fingerprint density at radius 3 is 2.76 bits per heavy atom. The van der Waals surface area contributed by atoms with Gasteiger partial charge in [-0.2, -0.15) is 0 Å². The summed E-state index contributed by atoms with van der Waals surface area (Å²) in [6, 6.07) is 5.23. The van der Waals surface area contributed by atoms with Crippen molar-refractivity contribution >= 4 is 5.97 Å². The number of benzene rings is 1. The van der Waals surface area contributed by atoms with Crippen molar-refractivity contribution in [3.05, 3.63) is 29.3 Å². The van der Waals surface area contributed by atoms with Crippen molar-refractivity contribution in [2.45, 2.75) is 25.9 Å². The molecule has 1 saturated heterocycles. The number of carboxylic acids is 1. The van der Waals surface area contributed by atoms with E-state index in [0.717, 1.165) is 18.4 Å². The van der Waals surface area contributed by atoms with E-state index in [-0.39, 0.29) is 11.7 Å². The zero-order valence-electron chi connectivity index (χ0n) is 9.81. The van der Waals surface area contributed by atoms with Crippen LogP contribution in [-0.4, -0.2) is 30.4 Å². The molecular formula is C13H16O4. The van der Waals surface area contributed by atoms with Gasteiger partial charge in [-0.1, -0.05) is 11.6 Å². The monoisotopic (exact) mass is 236 g/mol. The van der Waals surface area contributed by atoms with Gasteiger partial charge < -0.3 is 14.6 Å². The first kappa shape index (κ1) is 11.9. The SMILES string of the molecule is Cc1ccc(OC2CCOCC2)c(C(=O)O)c1. The standard InChI is InChI=1S/C13H16O4/c1-9-2-3-12(11(8-9)13(14)15)17-10-4-6-16-7-5-10/h2-3,8,10H,4-7H2,1H3,(H,14,15). The van der Waals surface area contributed by atoms with Gasteiger partial charge in [0.1, 0.15) is 17.4 Å². The summed E-state index contributed by atoms with van der Waals surface area (Å²) in [4.78, 5) is 11.1. The minimum absolute atomic E-state index is 0.0598. The lowest BCUT2D eigenvalue weighted by molar-refractivity contribution is 0.0248. The fraction of sp³-hybridized carbons (Fsp3) is 0.462. The number of aryl methyl sites for hydroxylation is 1. The van der Waals surface area contributed by atoms with Crippen molar-refractivity contribution in [2.75, 3.05) is 13.2 Å². The van der Waals surface area contributed by atoms with Gasteiger partial charge >= 0.3 is 5.97 Å². The molecule has 17 heavy (non-hydrogen) atoms. The zero-order chi connectivity index (χ0) is 12.3. The number of carbonyl (C=O) groups is 1. The van der Waals surface area contributed by atoms with Crippen molar-refractivity contribution in [2.24, 2.45) is 0 Å². The maximum absolute atomic E-state index is 11.1. The van der Waals surface area contributed by atoms with E-state index in [2.05, 4.69) is 0 Å². The quantitative estimate of drug-likeness (QED) is 0.874. The molecule has 0 aromatic heterocycles. The summed E-state index contributed by atoms with van der Waals surface area (Å²) < 4.78 is 11.0. The predicted octanol–water partition coefficient (Wildman–Crippen LogP) is 2.25. The fourth-order valence-corrected chi connectivity index (χ4v) is 1.89. The lowest BCUT2D eigenvalue weighted by Crippen LogP contribution is -2.26. The topological polar surface area (TPSA) is 55.8 Å². The first-order valence-electron chi connectivity index (χ1n) is 5.75. The molecule has 4 heteroatoms. The number of carboxylic acid groups (broad SMARTS) is 1. The smallest absolute Gasteiger partial charge is 0.339 e. The van der Waals surface area contributed by atoms with Gasteiger partial charge in [-0.15, -0.1) is 0 Å². The molecule has 0 amide bonds. The van der Waals surface area contributed by atoms with E-state index in [4.69, 9.17) is 14.6 Å². The molecule has 0 atom stereocenters. The predicted molar refractivity (Wildman–Crippen MR) is 62.6 cm³/mol. The van der Waals surface area contributed by atoms with Gasteiger partial charge in [0.05, 0.1) is 13.2 Å². The second kappa shape index (κ2) is 5.19. The molecule has 1 aliphatic heterocycles. The zero-order valence-corrected chi connectivity index (χ0v) is 9.81. The molecular weight excluding hydrogens is 220 g/mol. The first-order valence-corrected chi connectivity index (χ1v) is 5.75. The van der Waals surface area contributed by atoms with Crippen molar-refractivity contribution in [3.63, 3.8) is 0 Å². The summed E-state index contributed by atoms with van der Waals surface area (Å²) in [5.41, 5.74) is 1.15. The Hall–Kier alpha value is -1.55. The Balaban J connectivity index is 2.16. The van der Waals surface area contributed by atoms with Crippen LogP contribution in [0.4, 0.5) is 0 Å². The minimum Gasteiger partial charge on any atom is -0.489 e. The molecule has 1 aromatic carbocycles. The molecule has 0 aliphatic carbocycles. The van der Waals surface area contributed by atoms with Gasteiger partial charge in [0.2, 0.25) is 0 Å². The van der Waals surface area contributed by atoms with Crippen LogP contribution in [0, 0.1) is 6.92 Å². The molecule has 92 valence electrons. The third kappa shape index (κ3) is 2.97. The molecule has 1 aromatic rings. The van der Waals surface area contributed by atoms with Crippen LogP contribution in [0.15, 0.2) is 18.2 Å². The second-order valence-electron chi connectivity index (χ2n) is 4.23. The van der Waals surface area contributed by atoms with E-state index < -0.39 is 5.97 Å². The number of hydrogen-bond acceptors (Lipinski definition) is 3. The van der Waals surface area contributed by atoms with E-state index in [0.29, 0.717) is 19.0 Å². The lowest BCUT2D eigenvalue weighted by Gasteiger charge is -2.24. The number of hydrogen-bond donors (Lipinski definition) is 1. The largest absolute Gasteiger partial charge is 0.489 e. The average molecular weight is 236 g/mol. The van der Waals surface area contributed by atoms with Crippen LogP contribution in [0.2, 0.25) is 0 Å². The van der Waals surface area contributed by atoms with Crippen LogP contribution < -0.4 is 4.74 Å². The van der Waals surface area contributed by atoms with Crippen LogP contribution >= 0.6 is 0 Å². The Bertz CT molecular complexity index is 408. The number of ether oxygens (including phenoxy) is 2. The van der Waals surface area contributed by atoms with Crippen LogP contribution in [0.3, 0.4) is 0 Å². The normalized spacial score (nSPS) is 16.8. The molecule has 0 unspecified atom stereocenters. The van der Waals surface area contributed by atoms with Crippen molar-refractivity contribution < 1.29 is 19.4 Å². The molecule has 4 nitrogen and oxygen atoms in total. The van der Waals surface area contributed by atoms with Crippen molar-refractivity contribution in [1.29, 1.82) is 0 Å². The lowest BCUT2D eigenvalue weighted by atomic mass is 10.1. The third-order valence-electron chi connectivity index (χ3n) is 2.83. The summed E-state index contributed by atoms with van der Waals surface area (Å²) in [6.45, 7) is 3.22. The molecule has 0 radical (unpaired) electrons. The summed E-state index contributed by atoms with van der Waals surface area (Å²) in [5.74, 6) is -0.495. The van der Waals surface area contributed by atoms with Gasteiger partial charge in [0.25, 0.3) is 0 Å². The van der Waals surface area contributed by atoms with Crippen molar-refractivity contribution in [3.8, 4) is 5.75 Å². The van der Waals surface area contributed by atoms with E-state index in [1.165, 1.54) is 0 Å². The molecule has 0 saturated carbocycles. The average Bonchev–Trinajstić information content (AvgIpc) is 2.32. The highest BCUT2D eigenvalue weighted by Crippen LogP contribution is 2.23. The molecule has 0 spiro atoms. The van der Waals surface area contributed by atoms with Crippen LogP contribution in [0.1, 0.15) is 28.8 Å². The highest BCUT2D eigenvalue weighted by Gasteiger charge is 2.19. The Morgan fingerprint density at radius 1 is 1.41 bits per heavy atom. The number of aromatic carboxylic acids is 1. The summed E-state index contributed by atoms with van der Waals surface area (Å²) in [7, 11) is 0. The molecule has 1 aliphatic rings. The van der Waals surface area contributed by atoms with Gasteiger partial charge in [0.15, 0.2) is 0 Å². The summed E-state index contributed by atoms with van der Waals surface area (Å²) >= 11 is 0. The third-order valence-corrected chi connectivity index (χ3v) is 2.83. The molecule has 1 fully saturated rings. The van der Waals surface area contributed by atoms with Gasteiger partial charge in [-0.05, 0) is 19.1 Å². The van der Waals surface area contributed by atoms with E-state index in [1.54, 1.807) is 12.1 Å². The maximum Gasteiger partial charge on any atom is 0.339 e. The molecule has 0 bridgehead atoms. The Labute approximate surface area is 100 Å². The fourth-order valence-electron chi connectivity index (χ4n) is 1.89. The minimum atomic E-state index is -0.948. The molecule has 2 rings (SSSR count). The van der Waals surface area contributed by atoms with Gasteiger partial charge in [-0.25, -0.2) is 4.79 Å². The Kier molecular flexibility index (Phi) is 3.64. The van der Waals surface area contributed by atoms with E-state index in [9.17, 15) is 4.79 Å². The summed E-state index contributed by atoms with van der Waals surface area (Å²) in [5, 5.41) is 9.11. The number of rotatable bonds is 3.